The van der Waals surface area contributed by atoms with Crippen LogP contribution in [0.1, 0.15) is 35.4 Å². The molecule has 168 valence electrons. The average Bonchev–Trinajstić information content (AvgIpc) is 3.07. The topological polar surface area (TPSA) is 75.6 Å². The largest absolute Gasteiger partial charge is 0.481 e. The van der Waals surface area contributed by atoms with E-state index < -0.39 is 35.2 Å². The molecule has 0 saturated heterocycles. The third-order valence-electron chi connectivity index (χ3n) is 6.68. The van der Waals surface area contributed by atoms with Crippen LogP contribution in [0.5, 0.6) is 0 Å². The number of alkyl carbamates (subject to hydrolysis) is 1. The summed E-state index contributed by atoms with van der Waals surface area (Å²) in [5.41, 5.74) is 3.04. The summed E-state index contributed by atoms with van der Waals surface area (Å²) in [5, 5.41) is 12.4. The van der Waals surface area contributed by atoms with Crippen LogP contribution in [-0.2, 0) is 14.9 Å². The molecule has 1 saturated carbocycles. The van der Waals surface area contributed by atoms with Crippen molar-refractivity contribution in [1.29, 1.82) is 0 Å². The molecule has 0 aromatic heterocycles. The van der Waals surface area contributed by atoms with Crippen LogP contribution in [0, 0.1) is 11.6 Å². The SMILES string of the molecule is O=C(NC1CC(C(=O)O)(c2cc(F)cc(F)c2)C1)OCC1c2ccccc2-c2ccccc21. The Balaban J connectivity index is 1.24. The summed E-state index contributed by atoms with van der Waals surface area (Å²) in [7, 11) is 0. The number of carbonyl (C=O) groups is 2. The van der Waals surface area contributed by atoms with Crippen LogP contribution in [0.4, 0.5) is 13.6 Å². The molecular weight excluding hydrogens is 428 g/mol. The van der Waals surface area contributed by atoms with Crippen molar-refractivity contribution in [3.63, 3.8) is 0 Å². The van der Waals surface area contributed by atoms with Gasteiger partial charge in [-0.1, -0.05) is 48.5 Å². The normalized spacial score (nSPS) is 21.0. The van der Waals surface area contributed by atoms with E-state index in [9.17, 15) is 23.5 Å². The third-order valence-corrected chi connectivity index (χ3v) is 6.68. The summed E-state index contributed by atoms with van der Waals surface area (Å²) in [6, 6.07) is 18.3. The van der Waals surface area contributed by atoms with Crippen LogP contribution >= 0.6 is 0 Å². The van der Waals surface area contributed by atoms with E-state index in [1.807, 2.05) is 48.5 Å². The fraction of sp³-hybridized carbons (Fsp3) is 0.231. The van der Waals surface area contributed by atoms with Crippen LogP contribution in [0.2, 0.25) is 0 Å². The number of fused-ring (bicyclic) bond motifs is 3. The van der Waals surface area contributed by atoms with E-state index in [0.29, 0.717) is 6.07 Å². The third kappa shape index (κ3) is 3.63. The lowest BCUT2D eigenvalue weighted by atomic mass is 9.61. The minimum absolute atomic E-state index is 0.0232. The summed E-state index contributed by atoms with van der Waals surface area (Å²) >= 11 is 0. The second kappa shape index (κ2) is 7.99. The second-order valence-electron chi connectivity index (χ2n) is 8.62. The van der Waals surface area contributed by atoms with Gasteiger partial charge in [0.05, 0.1) is 5.41 Å². The maximum atomic E-state index is 13.6. The fourth-order valence-corrected chi connectivity index (χ4v) is 5.05. The first-order chi connectivity index (χ1) is 15.9. The molecule has 2 aliphatic carbocycles. The predicted molar refractivity (Wildman–Crippen MR) is 117 cm³/mol. The second-order valence-corrected chi connectivity index (χ2v) is 8.62. The molecule has 2 aliphatic rings. The number of nitrogens with one attached hydrogen (secondary N) is 1. The molecule has 1 amide bonds. The number of carboxylic acids is 1. The fourth-order valence-electron chi connectivity index (χ4n) is 5.05. The molecule has 7 heteroatoms. The minimum Gasteiger partial charge on any atom is -0.481 e. The van der Waals surface area contributed by atoms with Gasteiger partial charge in [0.15, 0.2) is 0 Å². The Morgan fingerprint density at radius 2 is 1.48 bits per heavy atom. The van der Waals surface area contributed by atoms with E-state index in [2.05, 4.69) is 5.32 Å². The van der Waals surface area contributed by atoms with Gasteiger partial charge in [-0.25, -0.2) is 13.6 Å². The number of hydrogen-bond donors (Lipinski definition) is 2. The summed E-state index contributed by atoms with van der Waals surface area (Å²) < 4.78 is 32.8. The molecule has 0 spiro atoms. The lowest BCUT2D eigenvalue weighted by molar-refractivity contribution is -0.148. The maximum Gasteiger partial charge on any atom is 0.407 e. The zero-order valence-corrected chi connectivity index (χ0v) is 17.6. The van der Waals surface area contributed by atoms with Gasteiger partial charge in [0.2, 0.25) is 0 Å². The van der Waals surface area contributed by atoms with Gasteiger partial charge in [0.1, 0.15) is 18.2 Å². The minimum atomic E-state index is -1.44. The molecule has 0 heterocycles. The van der Waals surface area contributed by atoms with Crippen molar-refractivity contribution in [2.24, 2.45) is 0 Å². The standard InChI is InChI=1S/C26H21F2NO4/c27-16-9-15(10-17(28)11-16)26(24(30)31)12-18(13-26)29-25(32)33-14-23-21-7-3-1-5-19(21)20-6-2-4-8-22(20)23/h1-11,18,23H,12-14H2,(H,29,32)(H,30,31). The Bertz CT molecular complexity index is 1190. The van der Waals surface area contributed by atoms with Crippen molar-refractivity contribution < 1.29 is 28.2 Å². The molecule has 5 nitrogen and oxygen atoms in total. The van der Waals surface area contributed by atoms with Crippen molar-refractivity contribution in [1.82, 2.24) is 5.32 Å². The van der Waals surface area contributed by atoms with Crippen molar-refractivity contribution in [3.05, 3.63) is 95.1 Å². The lowest BCUT2D eigenvalue weighted by Crippen LogP contribution is -2.57. The van der Waals surface area contributed by atoms with Crippen molar-refractivity contribution in [3.8, 4) is 11.1 Å². The Morgan fingerprint density at radius 1 is 0.939 bits per heavy atom. The first kappa shape index (κ1) is 21.1. The molecule has 33 heavy (non-hydrogen) atoms. The van der Waals surface area contributed by atoms with Gasteiger partial charge in [-0.2, -0.15) is 0 Å². The van der Waals surface area contributed by atoms with Gasteiger partial charge in [-0.3, -0.25) is 4.79 Å². The van der Waals surface area contributed by atoms with E-state index in [4.69, 9.17) is 4.74 Å². The van der Waals surface area contributed by atoms with E-state index in [-0.39, 0.29) is 30.9 Å². The zero-order valence-electron chi connectivity index (χ0n) is 17.6. The average molecular weight is 449 g/mol. The molecule has 2 N–H and O–H groups in total. The van der Waals surface area contributed by atoms with Crippen molar-refractivity contribution in [2.75, 3.05) is 6.61 Å². The van der Waals surface area contributed by atoms with E-state index >= 15 is 0 Å². The number of aliphatic carboxylic acids is 1. The Labute approximate surface area is 189 Å². The number of carbonyl (C=O) groups excluding carboxylic acids is 1. The van der Waals surface area contributed by atoms with E-state index in [1.165, 1.54) is 0 Å². The van der Waals surface area contributed by atoms with Gasteiger partial charge in [0.25, 0.3) is 0 Å². The Hall–Kier alpha value is -3.74. The molecule has 0 bridgehead atoms. The highest BCUT2D eigenvalue weighted by Crippen LogP contribution is 2.46. The van der Waals surface area contributed by atoms with Gasteiger partial charge >= 0.3 is 12.1 Å². The highest BCUT2D eigenvalue weighted by molar-refractivity contribution is 5.84. The summed E-state index contributed by atoms with van der Waals surface area (Å²) in [5.74, 6) is -2.94. The van der Waals surface area contributed by atoms with Crippen molar-refractivity contribution >= 4 is 12.1 Å². The quantitative estimate of drug-likeness (QED) is 0.576. The Kier molecular flexibility index (Phi) is 5.12. The highest BCUT2D eigenvalue weighted by Gasteiger charge is 2.52. The number of rotatable bonds is 5. The number of carboxylic acid groups (broad SMARTS) is 1. The smallest absolute Gasteiger partial charge is 0.407 e. The lowest BCUT2D eigenvalue weighted by Gasteiger charge is -2.44. The monoisotopic (exact) mass is 449 g/mol. The molecule has 0 radical (unpaired) electrons. The van der Waals surface area contributed by atoms with Gasteiger partial charge in [-0.05, 0) is 52.8 Å². The maximum absolute atomic E-state index is 13.6. The van der Waals surface area contributed by atoms with E-state index in [1.54, 1.807) is 0 Å². The molecule has 3 aromatic carbocycles. The van der Waals surface area contributed by atoms with Crippen LogP contribution < -0.4 is 5.32 Å². The molecule has 0 unspecified atom stereocenters. The molecule has 1 fully saturated rings. The van der Waals surface area contributed by atoms with Crippen molar-refractivity contribution in [2.45, 2.75) is 30.2 Å². The van der Waals surface area contributed by atoms with Crippen LogP contribution in [-0.4, -0.2) is 29.8 Å². The van der Waals surface area contributed by atoms with Crippen LogP contribution in [0.3, 0.4) is 0 Å². The number of benzene rings is 3. The van der Waals surface area contributed by atoms with Crippen LogP contribution in [0.15, 0.2) is 66.7 Å². The van der Waals surface area contributed by atoms with E-state index in [0.717, 1.165) is 34.4 Å². The molecular formula is C26H21F2NO4. The molecule has 0 aliphatic heterocycles. The first-order valence-electron chi connectivity index (χ1n) is 10.7. The van der Waals surface area contributed by atoms with Gasteiger partial charge in [-0.15, -0.1) is 0 Å². The zero-order chi connectivity index (χ0) is 23.2. The number of ether oxygens (including phenoxy) is 1. The summed E-state index contributed by atoms with van der Waals surface area (Å²) in [4.78, 5) is 24.4. The van der Waals surface area contributed by atoms with Crippen LogP contribution in [0.25, 0.3) is 11.1 Å². The molecule has 5 rings (SSSR count). The summed E-state index contributed by atoms with van der Waals surface area (Å²) in [6.07, 6.45) is -0.600. The molecule has 3 aromatic rings. The number of hydrogen-bond acceptors (Lipinski definition) is 3. The predicted octanol–water partition coefficient (Wildman–Crippen LogP) is 4.99. The molecule has 0 atom stereocenters. The Morgan fingerprint density at radius 3 is 2.03 bits per heavy atom. The van der Waals surface area contributed by atoms with Gasteiger partial charge in [0, 0.05) is 18.0 Å². The summed E-state index contributed by atoms with van der Waals surface area (Å²) in [6.45, 7) is 0.145. The highest BCUT2D eigenvalue weighted by atomic mass is 19.1. The number of amides is 1. The number of halogens is 2. The van der Waals surface area contributed by atoms with Gasteiger partial charge < -0.3 is 15.2 Å². The first-order valence-corrected chi connectivity index (χ1v) is 10.7.